The Morgan fingerprint density at radius 2 is 2.22 bits per heavy atom. The first-order valence-corrected chi connectivity index (χ1v) is 3.41. The Morgan fingerprint density at radius 1 is 1.78 bits per heavy atom. The number of hydrogen-bond donors (Lipinski definition) is 1. The van der Waals surface area contributed by atoms with E-state index in [1.54, 1.807) is 6.92 Å². The third kappa shape index (κ3) is 3.61. The quantitative estimate of drug-likeness (QED) is 0.577. The molecular formula is C4H6F2INO. The molecule has 0 aliphatic carbocycles. The Hall–Kier alpha value is 0.0600. The molecule has 0 bridgehead atoms. The molecule has 0 aliphatic rings. The van der Waals surface area contributed by atoms with Gasteiger partial charge in [0, 0.05) is 29.1 Å². The summed E-state index contributed by atoms with van der Waals surface area (Å²) in [5, 5.41) is 1.99. The van der Waals surface area contributed by atoms with Gasteiger partial charge in [-0.3, -0.25) is 4.79 Å². The van der Waals surface area contributed by atoms with Crippen molar-refractivity contribution in [2.45, 2.75) is 10.9 Å². The number of nitrogens with one attached hydrogen (secondary N) is 1. The highest BCUT2D eigenvalue weighted by Gasteiger charge is 2.33. The number of amides is 1. The number of carbonyl (C=O) groups is 1. The van der Waals surface area contributed by atoms with Gasteiger partial charge < -0.3 is 5.32 Å². The van der Waals surface area contributed by atoms with E-state index in [-0.39, 0.29) is 6.54 Å². The molecule has 5 heteroatoms. The van der Waals surface area contributed by atoms with Crippen LogP contribution in [0.5, 0.6) is 0 Å². The van der Waals surface area contributed by atoms with Gasteiger partial charge in [-0.15, -0.1) is 0 Å². The van der Waals surface area contributed by atoms with E-state index < -0.39 is 9.84 Å². The highest BCUT2D eigenvalue weighted by atomic mass is 127. The van der Waals surface area contributed by atoms with Crippen LogP contribution in [0.4, 0.5) is 8.78 Å². The van der Waals surface area contributed by atoms with E-state index in [0.717, 1.165) is 22.6 Å². The molecule has 0 rings (SSSR count). The number of alkyl halides is 3. The zero-order chi connectivity index (χ0) is 7.49. The first-order valence-electron chi connectivity index (χ1n) is 2.33. The number of halogens is 3. The van der Waals surface area contributed by atoms with Crippen LogP contribution in [0.15, 0.2) is 0 Å². The average molecular weight is 249 g/mol. The van der Waals surface area contributed by atoms with Crippen molar-refractivity contribution in [2.24, 2.45) is 0 Å². The minimum Gasteiger partial charge on any atom is -0.350 e. The van der Waals surface area contributed by atoms with Crippen LogP contribution in [-0.4, -0.2) is 16.4 Å². The average Bonchev–Trinajstić information content (AvgIpc) is 1.64. The van der Waals surface area contributed by atoms with E-state index in [1.165, 1.54) is 0 Å². The van der Waals surface area contributed by atoms with Crippen LogP contribution < -0.4 is 5.32 Å². The number of hydrogen-bond acceptors (Lipinski definition) is 1. The largest absolute Gasteiger partial charge is 0.372 e. The summed E-state index contributed by atoms with van der Waals surface area (Å²) in [5.74, 6) is -1.23. The fraction of sp³-hybridized carbons (Fsp3) is 0.750. The molecule has 2 nitrogen and oxygen atoms in total. The molecule has 1 N–H and O–H groups in total. The predicted molar refractivity (Wildman–Crippen MR) is 37.7 cm³/mol. The normalized spacial score (nSPS) is 11.1. The molecule has 0 aromatic heterocycles. The molecule has 0 saturated heterocycles. The van der Waals surface area contributed by atoms with E-state index >= 15 is 0 Å². The van der Waals surface area contributed by atoms with Gasteiger partial charge in [-0.1, -0.05) is 0 Å². The molecule has 0 fully saturated rings. The van der Waals surface area contributed by atoms with Crippen LogP contribution in [0.2, 0.25) is 0 Å². The molecule has 54 valence electrons. The first kappa shape index (κ1) is 9.06. The molecule has 0 aliphatic heterocycles. The van der Waals surface area contributed by atoms with Crippen molar-refractivity contribution < 1.29 is 13.6 Å². The fourth-order valence-corrected chi connectivity index (χ4v) is 0.451. The Labute approximate surface area is 65.1 Å². The summed E-state index contributed by atoms with van der Waals surface area (Å²) in [6.45, 7) is 1.82. The van der Waals surface area contributed by atoms with E-state index in [1.807, 2.05) is 5.32 Å². The van der Waals surface area contributed by atoms with Crippen LogP contribution in [0, 0.1) is 0 Å². The predicted octanol–water partition coefficient (Wildman–Crippen LogP) is 1.15. The lowest BCUT2D eigenvalue weighted by Crippen LogP contribution is -2.35. The van der Waals surface area contributed by atoms with Gasteiger partial charge in [0.25, 0.3) is 0 Å². The monoisotopic (exact) mass is 249 g/mol. The molecule has 1 amide bonds. The minimum atomic E-state index is -3.27. The fourth-order valence-electron chi connectivity index (χ4n) is 0.261. The molecule has 0 radical (unpaired) electrons. The highest BCUT2D eigenvalue weighted by Crippen LogP contribution is 2.21. The summed E-state index contributed by atoms with van der Waals surface area (Å²) in [7, 11) is 0. The van der Waals surface area contributed by atoms with Gasteiger partial charge in [-0.2, -0.15) is 8.78 Å². The summed E-state index contributed by atoms with van der Waals surface area (Å²) in [6.07, 6.45) is 0. The van der Waals surface area contributed by atoms with Crippen LogP contribution in [0.3, 0.4) is 0 Å². The second-order valence-electron chi connectivity index (χ2n) is 1.36. The van der Waals surface area contributed by atoms with Gasteiger partial charge in [0.2, 0.25) is 0 Å². The maximum absolute atomic E-state index is 11.9. The van der Waals surface area contributed by atoms with Gasteiger partial charge in [-0.05, 0) is 6.92 Å². The second-order valence-corrected chi connectivity index (χ2v) is 2.71. The van der Waals surface area contributed by atoms with Crippen molar-refractivity contribution in [3.63, 3.8) is 0 Å². The molecule has 0 unspecified atom stereocenters. The molecule has 0 aromatic carbocycles. The Kier molecular flexibility index (Phi) is 3.31. The van der Waals surface area contributed by atoms with Crippen molar-refractivity contribution >= 4 is 28.5 Å². The zero-order valence-electron chi connectivity index (χ0n) is 4.75. The van der Waals surface area contributed by atoms with E-state index in [0.29, 0.717) is 0 Å². The Morgan fingerprint density at radius 3 is 2.33 bits per heavy atom. The number of carbonyl (C=O) groups excluding carboxylic acids is 1. The van der Waals surface area contributed by atoms with E-state index in [4.69, 9.17) is 0 Å². The molecule has 0 saturated carbocycles. The molecule has 0 heterocycles. The first-order chi connectivity index (χ1) is 3.98. The minimum absolute atomic E-state index is 0.234. The van der Waals surface area contributed by atoms with Gasteiger partial charge >= 0.3 is 9.84 Å². The molecule has 9 heavy (non-hydrogen) atoms. The number of rotatable bonds is 2. The van der Waals surface area contributed by atoms with Gasteiger partial charge in [0.15, 0.2) is 0 Å². The van der Waals surface area contributed by atoms with Crippen LogP contribution >= 0.6 is 22.6 Å². The van der Waals surface area contributed by atoms with Crippen LogP contribution in [-0.2, 0) is 4.79 Å². The second kappa shape index (κ2) is 3.28. The molecule has 0 aromatic rings. The summed E-state index contributed by atoms with van der Waals surface area (Å²) in [6, 6.07) is 0. The van der Waals surface area contributed by atoms with E-state index in [9.17, 15) is 13.6 Å². The molecular weight excluding hydrogens is 243 g/mol. The lowest BCUT2D eigenvalue weighted by atomic mass is 10.6. The summed E-state index contributed by atoms with van der Waals surface area (Å²) in [5.41, 5.74) is 0. The maximum atomic E-state index is 11.9. The molecule has 0 spiro atoms. The van der Waals surface area contributed by atoms with Crippen molar-refractivity contribution in [3.8, 4) is 0 Å². The van der Waals surface area contributed by atoms with Gasteiger partial charge in [0.1, 0.15) is 0 Å². The van der Waals surface area contributed by atoms with Crippen molar-refractivity contribution in [2.75, 3.05) is 6.54 Å². The highest BCUT2D eigenvalue weighted by molar-refractivity contribution is 14.1. The summed E-state index contributed by atoms with van der Waals surface area (Å²) >= 11 is 0.781. The van der Waals surface area contributed by atoms with Crippen LogP contribution in [0.1, 0.15) is 6.92 Å². The summed E-state index contributed by atoms with van der Waals surface area (Å²) in [4.78, 5) is 10.2. The maximum Gasteiger partial charge on any atom is 0.372 e. The van der Waals surface area contributed by atoms with E-state index in [2.05, 4.69) is 0 Å². The lowest BCUT2D eigenvalue weighted by Gasteiger charge is -2.05. The van der Waals surface area contributed by atoms with Crippen molar-refractivity contribution in [1.82, 2.24) is 5.32 Å². The SMILES string of the molecule is CCNC(=O)C(F)(F)I. The third-order valence-corrected chi connectivity index (χ3v) is 1.08. The smallest absolute Gasteiger partial charge is 0.350 e. The topological polar surface area (TPSA) is 29.1 Å². The van der Waals surface area contributed by atoms with Gasteiger partial charge in [0.05, 0.1) is 0 Å². The Bertz CT molecular complexity index is 112. The van der Waals surface area contributed by atoms with Crippen molar-refractivity contribution in [1.29, 1.82) is 0 Å². The van der Waals surface area contributed by atoms with Gasteiger partial charge in [-0.25, -0.2) is 0 Å². The standard InChI is InChI=1S/C4H6F2INO/c1-2-8-3(9)4(5,6)7/h2H2,1H3,(H,8,9). The van der Waals surface area contributed by atoms with Crippen LogP contribution in [0.25, 0.3) is 0 Å². The molecule has 0 atom stereocenters. The summed E-state index contributed by atoms with van der Waals surface area (Å²) < 4.78 is 20.5. The zero-order valence-corrected chi connectivity index (χ0v) is 6.91. The van der Waals surface area contributed by atoms with Crippen molar-refractivity contribution in [3.05, 3.63) is 0 Å². The Balaban J connectivity index is 3.74. The third-order valence-electron chi connectivity index (χ3n) is 0.595. The lowest BCUT2D eigenvalue weighted by molar-refractivity contribution is -0.133.